The van der Waals surface area contributed by atoms with E-state index in [1.807, 2.05) is 44.2 Å². The number of benzene rings is 1. The van der Waals surface area contributed by atoms with E-state index in [2.05, 4.69) is 14.9 Å². The fourth-order valence-electron chi connectivity index (χ4n) is 3.36. The molecule has 0 unspecified atom stereocenters. The molecule has 0 N–H and O–H groups in total. The van der Waals surface area contributed by atoms with Gasteiger partial charge < -0.3 is 9.80 Å². The number of piperazine rings is 1. The lowest BCUT2D eigenvalue weighted by atomic mass is 10.2. The standard InChI is InChI=1S/C19H22N6O/c1-3-25-18(26)9-8-17(22-25)23-10-12-24(13-11-23)19-14(2)20-15-6-4-5-7-16(15)21-19/h4-9H,3,10-13H2,1-2H3. The minimum atomic E-state index is -0.0584. The molecule has 4 rings (SSSR count). The zero-order chi connectivity index (χ0) is 18.1. The summed E-state index contributed by atoms with van der Waals surface area (Å²) in [7, 11) is 0. The summed E-state index contributed by atoms with van der Waals surface area (Å²) in [6.07, 6.45) is 0. The highest BCUT2D eigenvalue weighted by atomic mass is 16.1. The van der Waals surface area contributed by atoms with Crippen molar-refractivity contribution in [1.82, 2.24) is 19.7 Å². The van der Waals surface area contributed by atoms with Crippen LogP contribution in [0.3, 0.4) is 0 Å². The first-order chi connectivity index (χ1) is 12.7. The van der Waals surface area contributed by atoms with Crippen molar-refractivity contribution in [2.24, 2.45) is 0 Å². The van der Waals surface area contributed by atoms with Crippen LogP contribution in [0.15, 0.2) is 41.2 Å². The second kappa shape index (κ2) is 6.74. The molecule has 0 saturated carbocycles. The Labute approximate surface area is 151 Å². The van der Waals surface area contributed by atoms with Crippen LogP contribution in [0.4, 0.5) is 11.6 Å². The topological polar surface area (TPSA) is 67.2 Å². The number of anilines is 2. The zero-order valence-corrected chi connectivity index (χ0v) is 15.1. The number of aromatic nitrogens is 4. The van der Waals surface area contributed by atoms with Crippen LogP contribution in [0.1, 0.15) is 12.6 Å². The van der Waals surface area contributed by atoms with Crippen LogP contribution in [-0.2, 0) is 6.54 Å². The van der Waals surface area contributed by atoms with Crippen LogP contribution in [0.2, 0.25) is 0 Å². The third-order valence-electron chi connectivity index (χ3n) is 4.78. The Morgan fingerprint density at radius 1 is 0.923 bits per heavy atom. The van der Waals surface area contributed by atoms with Crippen molar-refractivity contribution in [1.29, 1.82) is 0 Å². The van der Waals surface area contributed by atoms with E-state index >= 15 is 0 Å². The number of rotatable bonds is 3. The van der Waals surface area contributed by atoms with Crippen LogP contribution in [0, 0.1) is 6.92 Å². The van der Waals surface area contributed by atoms with E-state index < -0.39 is 0 Å². The average molecular weight is 350 g/mol. The first-order valence-corrected chi connectivity index (χ1v) is 8.97. The third kappa shape index (κ3) is 3.00. The van der Waals surface area contributed by atoms with Crippen LogP contribution in [0.5, 0.6) is 0 Å². The molecule has 3 heterocycles. The van der Waals surface area contributed by atoms with Gasteiger partial charge in [-0.05, 0) is 32.0 Å². The summed E-state index contributed by atoms with van der Waals surface area (Å²) in [5.74, 6) is 1.81. The third-order valence-corrected chi connectivity index (χ3v) is 4.78. The normalized spacial score (nSPS) is 14.8. The highest BCUT2D eigenvalue weighted by Crippen LogP contribution is 2.22. The van der Waals surface area contributed by atoms with Crippen molar-refractivity contribution in [3.8, 4) is 0 Å². The lowest BCUT2D eigenvalue weighted by molar-refractivity contribution is 0.587. The monoisotopic (exact) mass is 350 g/mol. The maximum atomic E-state index is 11.7. The molecule has 0 amide bonds. The molecule has 3 aromatic rings. The summed E-state index contributed by atoms with van der Waals surface area (Å²) in [6, 6.07) is 11.4. The lowest BCUT2D eigenvalue weighted by Crippen LogP contribution is -2.47. The molecule has 1 aliphatic heterocycles. The molecule has 0 radical (unpaired) electrons. The molecule has 1 aliphatic rings. The van der Waals surface area contributed by atoms with Gasteiger partial charge in [0.05, 0.1) is 16.7 Å². The maximum Gasteiger partial charge on any atom is 0.266 e. The van der Waals surface area contributed by atoms with Gasteiger partial charge in [0.25, 0.3) is 5.56 Å². The van der Waals surface area contributed by atoms with Crippen LogP contribution in [-0.4, -0.2) is 45.9 Å². The Bertz CT molecular complexity index is 991. The summed E-state index contributed by atoms with van der Waals surface area (Å²) in [5, 5.41) is 4.45. The predicted molar refractivity (Wildman–Crippen MR) is 103 cm³/mol. The lowest BCUT2D eigenvalue weighted by Gasteiger charge is -2.36. The van der Waals surface area contributed by atoms with E-state index in [1.54, 1.807) is 6.07 Å². The molecular formula is C19H22N6O. The van der Waals surface area contributed by atoms with Crippen LogP contribution in [0.25, 0.3) is 11.0 Å². The molecule has 0 bridgehead atoms. The van der Waals surface area contributed by atoms with Gasteiger partial charge in [0.1, 0.15) is 5.82 Å². The molecule has 2 aromatic heterocycles. The van der Waals surface area contributed by atoms with E-state index in [-0.39, 0.29) is 5.56 Å². The summed E-state index contributed by atoms with van der Waals surface area (Å²) in [5.41, 5.74) is 2.75. The Morgan fingerprint density at radius 3 is 2.27 bits per heavy atom. The molecule has 0 spiro atoms. The minimum absolute atomic E-state index is 0.0584. The first-order valence-electron chi connectivity index (χ1n) is 8.97. The van der Waals surface area contributed by atoms with Gasteiger partial charge in [-0.25, -0.2) is 14.6 Å². The van der Waals surface area contributed by atoms with Crippen molar-refractivity contribution in [2.45, 2.75) is 20.4 Å². The van der Waals surface area contributed by atoms with Crippen LogP contribution >= 0.6 is 0 Å². The van der Waals surface area contributed by atoms with E-state index in [0.717, 1.165) is 54.5 Å². The van der Waals surface area contributed by atoms with Crippen molar-refractivity contribution < 1.29 is 0 Å². The number of hydrogen-bond donors (Lipinski definition) is 0. The number of aryl methyl sites for hydroxylation is 2. The fourth-order valence-corrected chi connectivity index (χ4v) is 3.36. The molecule has 1 aromatic carbocycles. The highest BCUT2D eigenvalue weighted by molar-refractivity contribution is 5.76. The molecule has 1 fully saturated rings. The molecule has 134 valence electrons. The molecule has 26 heavy (non-hydrogen) atoms. The Hall–Kier alpha value is -2.96. The largest absolute Gasteiger partial charge is 0.352 e. The van der Waals surface area contributed by atoms with E-state index in [0.29, 0.717) is 6.54 Å². The second-order valence-electron chi connectivity index (χ2n) is 6.44. The number of hydrogen-bond acceptors (Lipinski definition) is 6. The van der Waals surface area contributed by atoms with Gasteiger partial charge in [0, 0.05) is 38.8 Å². The van der Waals surface area contributed by atoms with Gasteiger partial charge in [-0.3, -0.25) is 4.79 Å². The van der Waals surface area contributed by atoms with E-state index in [4.69, 9.17) is 9.97 Å². The summed E-state index contributed by atoms with van der Waals surface area (Å²) < 4.78 is 1.50. The van der Waals surface area contributed by atoms with Crippen molar-refractivity contribution >= 4 is 22.7 Å². The SMILES string of the molecule is CCn1nc(N2CCN(c3nc4ccccc4nc3C)CC2)ccc1=O. The molecule has 7 nitrogen and oxygen atoms in total. The quantitative estimate of drug-likeness (QED) is 0.718. The number of nitrogens with zero attached hydrogens (tertiary/aromatic N) is 6. The molecule has 0 atom stereocenters. The van der Waals surface area contributed by atoms with Gasteiger partial charge in [0.2, 0.25) is 0 Å². The summed E-state index contributed by atoms with van der Waals surface area (Å²) in [4.78, 5) is 25.7. The van der Waals surface area contributed by atoms with Crippen LogP contribution < -0.4 is 15.4 Å². The first kappa shape index (κ1) is 16.5. The van der Waals surface area contributed by atoms with Crippen molar-refractivity contribution in [2.75, 3.05) is 36.0 Å². The molecular weight excluding hydrogens is 328 g/mol. The highest BCUT2D eigenvalue weighted by Gasteiger charge is 2.21. The summed E-state index contributed by atoms with van der Waals surface area (Å²) in [6.45, 7) is 7.89. The van der Waals surface area contributed by atoms with Crippen molar-refractivity contribution in [3.63, 3.8) is 0 Å². The van der Waals surface area contributed by atoms with Gasteiger partial charge in [0.15, 0.2) is 5.82 Å². The molecule has 1 saturated heterocycles. The number of fused-ring (bicyclic) bond motifs is 1. The molecule has 0 aliphatic carbocycles. The van der Waals surface area contributed by atoms with Gasteiger partial charge >= 0.3 is 0 Å². The molecule has 7 heteroatoms. The average Bonchev–Trinajstić information content (AvgIpc) is 2.68. The van der Waals surface area contributed by atoms with Gasteiger partial charge in [-0.15, -0.1) is 0 Å². The predicted octanol–water partition coefficient (Wildman–Crippen LogP) is 1.84. The van der Waals surface area contributed by atoms with Crippen molar-refractivity contribution in [3.05, 3.63) is 52.4 Å². The van der Waals surface area contributed by atoms with E-state index in [9.17, 15) is 4.79 Å². The Balaban J connectivity index is 1.53. The second-order valence-corrected chi connectivity index (χ2v) is 6.44. The minimum Gasteiger partial charge on any atom is -0.352 e. The van der Waals surface area contributed by atoms with E-state index in [1.165, 1.54) is 4.68 Å². The summed E-state index contributed by atoms with van der Waals surface area (Å²) >= 11 is 0. The van der Waals surface area contributed by atoms with Gasteiger partial charge in [-0.1, -0.05) is 12.1 Å². The maximum absolute atomic E-state index is 11.7. The zero-order valence-electron chi connectivity index (χ0n) is 15.1. The smallest absolute Gasteiger partial charge is 0.266 e. The fraction of sp³-hybridized carbons (Fsp3) is 0.368. The Morgan fingerprint density at radius 2 is 1.58 bits per heavy atom. The Kier molecular flexibility index (Phi) is 4.28. The van der Waals surface area contributed by atoms with Gasteiger partial charge in [-0.2, -0.15) is 5.10 Å². The number of para-hydroxylation sites is 2.